The molecule has 0 amide bonds. The van der Waals surface area contributed by atoms with Crippen LogP contribution in [-0.4, -0.2) is 19.9 Å². The normalized spacial score (nSPS) is 27.6. The van der Waals surface area contributed by atoms with E-state index in [1.165, 1.54) is 6.66 Å². The highest BCUT2D eigenvalue weighted by Gasteiger charge is 2.19. The second kappa shape index (κ2) is 2.18. The van der Waals surface area contributed by atoms with E-state index in [-0.39, 0.29) is 0 Å². The first-order valence-corrected chi connectivity index (χ1v) is 4.56. The molecule has 1 aliphatic rings. The Hall–Kier alpha value is 0.150. The van der Waals surface area contributed by atoms with Gasteiger partial charge in [0.15, 0.2) is 0 Å². The Morgan fingerprint density at radius 2 is 1.88 bits per heavy atom. The maximum absolute atomic E-state index is 10.8. The van der Waals surface area contributed by atoms with E-state index >= 15 is 0 Å². The third kappa shape index (κ3) is 1.58. The van der Waals surface area contributed by atoms with E-state index in [1.807, 2.05) is 0 Å². The molecule has 0 spiro atoms. The summed E-state index contributed by atoms with van der Waals surface area (Å²) in [6.07, 6.45) is 0.859. The molecule has 0 aromatic rings. The molecule has 1 fully saturated rings. The molecule has 0 unspecified atom stereocenters. The van der Waals surface area contributed by atoms with E-state index in [0.29, 0.717) is 13.2 Å². The lowest BCUT2D eigenvalue weighted by atomic mass is 10.5. The molecule has 3 nitrogen and oxygen atoms in total. The second-order valence-electron chi connectivity index (χ2n) is 1.79. The van der Waals surface area contributed by atoms with E-state index in [1.54, 1.807) is 0 Å². The molecule has 1 rings (SSSR count). The van der Waals surface area contributed by atoms with Crippen LogP contribution in [-0.2, 0) is 13.6 Å². The smallest absolute Gasteiger partial charge is 0.309 e. The molecule has 0 saturated carbocycles. The Morgan fingerprint density at radius 3 is 2.12 bits per heavy atom. The summed E-state index contributed by atoms with van der Waals surface area (Å²) in [5.41, 5.74) is 0. The van der Waals surface area contributed by atoms with E-state index in [4.69, 9.17) is 9.05 Å². The standard InChI is InChI=1S/C4H9O3P/c1-8(5)6-3-2-4-7-8/h2-4H2,1H3. The first-order valence-electron chi connectivity index (χ1n) is 2.57. The fraction of sp³-hybridized carbons (Fsp3) is 1.00. The van der Waals surface area contributed by atoms with Gasteiger partial charge in [0.25, 0.3) is 0 Å². The Kier molecular flexibility index (Phi) is 1.71. The van der Waals surface area contributed by atoms with Gasteiger partial charge in [-0.15, -0.1) is 0 Å². The predicted octanol–water partition coefficient (Wildman–Crippen LogP) is 1.25. The van der Waals surface area contributed by atoms with Gasteiger partial charge >= 0.3 is 7.60 Å². The molecule has 1 heterocycles. The largest absolute Gasteiger partial charge is 0.327 e. The number of hydrogen-bond acceptors (Lipinski definition) is 3. The molecular weight excluding hydrogens is 127 g/mol. The molecule has 1 saturated heterocycles. The molecule has 0 aromatic heterocycles. The lowest BCUT2D eigenvalue weighted by molar-refractivity contribution is 0.150. The molecular formula is C4H9O3P. The lowest BCUT2D eigenvalue weighted by Crippen LogP contribution is -2.06. The Balaban J connectivity index is 2.45. The van der Waals surface area contributed by atoms with Crippen molar-refractivity contribution in [3.63, 3.8) is 0 Å². The van der Waals surface area contributed by atoms with Crippen LogP contribution in [0.5, 0.6) is 0 Å². The molecule has 0 atom stereocenters. The summed E-state index contributed by atoms with van der Waals surface area (Å²) < 4.78 is 20.4. The molecule has 8 heavy (non-hydrogen) atoms. The van der Waals surface area contributed by atoms with Crippen molar-refractivity contribution >= 4 is 7.60 Å². The predicted molar refractivity (Wildman–Crippen MR) is 30.1 cm³/mol. The Labute approximate surface area is 48.5 Å². The van der Waals surface area contributed by atoms with Crippen molar-refractivity contribution in [1.29, 1.82) is 0 Å². The molecule has 0 radical (unpaired) electrons. The van der Waals surface area contributed by atoms with E-state index in [2.05, 4.69) is 0 Å². The topological polar surface area (TPSA) is 35.5 Å². The zero-order chi connectivity index (χ0) is 6.04. The summed E-state index contributed by atoms with van der Waals surface area (Å²) in [6, 6.07) is 0. The van der Waals surface area contributed by atoms with Crippen LogP contribution in [0.15, 0.2) is 0 Å². The number of hydrogen-bond donors (Lipinski definition) is 0. The lowest BCUT2D eigenvalue weighted by Gasteiger charge is -2.18. The minimum Gasteiger partial charge on any atom is -0.309 e. The van der Waals surface area contributed by atoms with Gasteiger partial charge < -0.3 is 9.05 Å². The summed E-state index contributed by atoms with van der Waals surface area (Å²) in [5, 5.41) is 0. The van der Waals surface area contributed by atoms with Crippen LogP contribution in [0.2, 0.25) is 0 Å². The summed E-state index contributed by atoms with van der Waals surface area (Å²) in [6.45, 7) is 2.65. The van der Waals surface area contributed by atoms with Crippen molar-refractivity contribution in [2.24, 2.45) is 0 Å². The Bertz CT molecular complexity index is 112. The molecule has 1 aliphatic heterocycles. The molecule has 0 N–H and O–H groups in total. The van der Waals surface area contributed by atoms with Gasteiger partial charge in [0.1, 0.15) is 0 Å². The first kappa shape index (κ1) is 6.27. The van der Waals surface area contributed by atoms with Gasteiger partial charge in [-0.25, -0.2) is 0 Å². The summed E-state index contributed by atoms with van der Waals surface area (Å²) in [7, 11) is -2.59. The van der Waals surface area contributed by atoms with Crippen LogP contribution in [0.1, 0.15) is 6.42 Å². The zero-order valence-corrected chi connectivity index (χ0v) is 5.69. The fourth-order valence-corrected chi connectivity index (χ4v) is 1.55. The first-order chi connectivity index (χ1) is 3.71. The van der Waals surface area contributed by atoms with Gasteiger partial charge in [0, 0.05) is 6.66 Å². The fourth-order valence-electron chi connectivity index (χ4n) is 0.557. The van der Waals surface area contributed by atoms with Crippen LogP contribution in [0.4, 0.5) is 0 Å². The van der Waals surface area contributed by atoms with Gasteiger partial charge in [-0.2, -0.15) is 0 Å². The number of rotatable bonds is 0. The highest BCUT2D eigenvalue weighted by Crippen LogP contribution is 2.46. The van der Waals surface area contributed by atoms with Gasteiger partial charge in [0.05, 0.1) is 13.2 Å². The second-order valence-corrected chi connectivity index (χ2v) is 3.85. The molecule has 0 aliphatic carbocycles. The van der Waals surface area contributed by atoms with Crippen molar-refractivity contribution < 1.29 is 13.6 Å². The molecule has 48 valence electrons. The van der Waals surface area contributed by atoms with Gasteiger partial charge in [-0.1, -0.05) is 0 Å². The molecule has 4 heteroatoms. The molecule has 0 bridgehead atoms. The SMILES string of the molecule is CP1(=O)OCCCO1. The monoisotopic (exact) mass is 136 g/mol. The quantitative estimate of drug-likeness (QED) is 0.470. The van der Waals surface area contributed by atoms with E-state index in [0.717, 1.165) is 6.42 Å². The van der Waals surface area contributed by atoms with Gasteiger partial charge in [0.2, 0.25) is 0 Å². The molecule has 0 aromatic carbocycles. The zero-order valence-electron chi connectivity index (χ0n) is 4.79. The van der Waals surface area contributed by atoms with E-state index < -0.39 is 7.60 Å². The van der Waals surface area contributed by atoms with Crippen LogP contribution < -0.4 is 0 Å². The van der Waals surface area contributed by atoms with Crippen molar-refractivity contribution in [1.82, 2.24) is 0 Å². The van der Waals surface area contributed by atoms with Crippen LogP contribution in [0, 0.1) is 0 Å². The summed E-state index contributed by atoms with van der Waals surface area (Å²) in [5.74, 6) is 0. The summed E-state index contributed by atoms with van der Waals surface area (Å²) >= 11 is 0. The minimum atomic E-state index is -2.59. The van der Waals surface area contributed by atoms with Crippen molar-refractivity contribution in [2.45, 2.75) is 6.42 Å². The highest BCUT2D eigenvalue weighted by atomic mass is 31.2. The maximum atomic E-state index is 10.8. The Morgan fingerprint density at radius 1 is 1.38 bits per heavy atom. The summed E-state index contributed by atoms with van der Waals surface area (Å²) in [4.78, 5) is 0. The van der Waals surface area contributed by atoms with Crippen LogP contribution in [0.3, 0.4) is 0 Å². The third-order valence-corrected chi connectivity index (χ3v) is 2.24. The van der Waals surface area contributed by atoms with Crippen LogP contribution >= 0.6 is 7.60 Å². The van der Waals surface area contributed by atoms with Gasteiger partial charge in [-0.05, 0) is 6.42 Å². The van der Waals surface area contributed by atoms with Crippen LogP contribution in [0.25, 0.3) is 0 Å². The van der Waals surface area contributed by atoms with Crippen molar-refractivity contribution in [3.05, 3.63) is 0 Å². The third-order valence-electron chi connectivity index (χ3n) is 0.940. The minimum absolute atomic E-state index is 0.577. The maximum Gasteiger partial charge on any atom is 0.327 e. The van der Waals surface area contributed by atoms with Crippen molar-refractivity contribution in [3.8, 4) is 0 Å². The highest BCUT2D eigenvalue weighted by molar-refractivity contribution is 7.53. The average molecular weight is 136 g/mol. The average Bonchev–Trinajstić information content (AvgIpc) is 1.65. The van der Waals surface area contributed by atoms with E-state index in [9.17, 15) is 4.57 Å². The van der Waals surface area contributed by atoms with Crippen molar-refractivity contribution in [2.75, 3.05) is 19.9 Å². The van der Waals surface area contributed by atoms with Gasteiger partial charge in [-0.3, -0.25) is 4.57 Å².